The highest BCUT2D eigenvalue weighted by Crippen LogP contribution is 2.23. The summed E-state index contributed by atoms with van der Waals surface area (Å²) in [6.45, 7) is 3.32. The van der Waals surface area contributed by atoms with Crippen LogP contribution in [0.2, 0.25) is 0 Å². The Morgan fingerprint density at radius 3 is 2.85 bits per heavy atom. The molecular formula is C25H27N7O2. The van der Waals surface area contributed by atoms with E-state index < -0.39 is 0 Å². The molecule has 174 valence electrons. The van der Waals surface area contributed by atoms with E-state index in [0.717, 1.165) is 41.1 Å². The van der Waals surface area contributed by atoms with Crippen molar-refractivity contribution in [2.24, 2.45) is 5.10 Å². The quantitative estimate of drug-likeness (QED) is 0.321. The molecule has 1 aliphatic heterocycles. The minimum atomic E-state index is 0.323. The van der Waals surface area contributed by atoms with Crippen molar-refractivity contribution >= 4 is 28.8 Å². The largest absolute Gasteiger partial charge is 0.463 e. The van der Waals surface area contributed by atoms with Crippen molar-refractivity contribution < 1.29 is 9.47 Å². The van der Waals surface area contributed by atoms with Gasteiger partial charge in [0.15, 0.2) is 5.82 Å². The number of para-hydroxylation sites is 1. The lowest BCUT2D eigenvalue weighted by atomic mass is 10.2. The number of hydrogen-bond donors (Lipinski definition) is 1. The van der Waals surface area contributed by atoms with Crippen molar-refractivity contribution in [3.05, 3.63) is 72.2 Å². The highest BCUT2D eigenvalue weighted by Gasteiger charge is 2.17. The number of H-pyrrole nitrogens is 1. The molecule has 0 radical (unpaired) electrons. The van der Waals surface area contributed by atoms with Gasteiger partial charge in [-0.05, 0) is 18.2 Å². The van der Waals surface area contributed by atoms with Crippen LogP contribution in [-0.2, 0) is 11.2 Å². The number of nitrogens with one attached hydrogen (secondary N) is 1. The lowest BCUT2D eigenvalue weighted by Gasteiger charge is -2.28. The number of nitrogens with zero attached hydrogens (tertiary/aromatic N) is 6. The first kappa shape index (κ1) is 21.8. The Morgan fingerprint density at radius 2 is 2.00 bits per heavy atom. The van der Waals surface area contributed by atoms with Crippen molar-refractivity contribution in [2.45, 2.75) is 6.42 Å². The van der Waals surface area contributed by atoms with Gasteiger partial charge in [0.05, 0.1) is 26.0 Å². The first-order valence-corrected chi connectivity index (χ1v) is 11.3. The average Bonchev–Trinajstić information content (AvgIpc) is 3.31. The second-order valence-corrected chi connectivity index (χ2v) is 7.94. The van der Waals surface area contributed by atoms with Gasteiger partial charge in [-0.25, -0.2) is 0 Å². The maximum Gasteiger partial charge on any atom is 0.320 e. The molecule has 0 unspecified atom stereocenters. The molecule has 9 heteroatoms. The zero-order valence-corrected chi connectivity index (χ0v) is 19.1. The molecule has 4 heterocycles. The van der Waals surface area contributed by atoms with E-state index >= 15 is 0 Å². The summed E-state index contributed by atoms with van der Waals surface area (Å²) in [7, 11) is 1.87. The topological polar surface area (TPSA) is 91.8 Å². The Hall–Kier alpha value is -3.98. The minimum Gasteiger partial charge on any atom is -0.463 e. The Labute approximate surface area is 198 Å². The van der Waals surface area contributed by atoms with Crippen molar-refractivity contribution in [1.29, 1.82) is 0 Å². The van der Waals surface area contributed by atoms with E-state index in [-0.39, 0.29) is 0 Å². The van der Waals surface area contributed by atoms with E-state index in [4.69, 9.17) is 9.47 Å². The van der Waals surface area contributed by atoms with Crippen LogP contribution in [0.3, 0.4) is 0 Å². The highest BCUT2D eigenvalue weighted by molar-refractivity contribution is 5.99. The Morgan fingerprint density at radius 1 is 1.15 bits per heavy atom. The van der Waals surface area contributed by atoms with Crippen LogP contribution in [-0.4, -0.2) is 66.1 Å². The maximum absolute atomic E-state index is 5.94. The van der Waals surface area contributed by atoms with Crippen LogP contribution in [0.4, 0.5) is 11.6 Å². The fourth-order valence-electron chi connectivity index (χ4n) is 3.79. The molecule has 0 saturated carbocycles. The molecule has 1 N–H and O–H groups in total. The summed E-state index contributed by atoms with van der Waals surface area (Å²) in [5, 5.41) is 7.49. The molecule has 1 fully saturated rings. The van der Waals surface area contributed by atoms with Crippen LogP contribution < -0.4 is 14.6 Å². The Balaban J connectivity index is 1.36. The third-order valence-corrected chi connectivity index (χ3v) is 5.65. The van der Waals surface area contributed by atoms with Gasteiger partial charge in [0.25, 0.3) is 0 Å². The van der Waals surface area contributed by atoms with Crippen LogP contribution in [0.25, 0.3) is 10.9 Å². The normalized spacial score (nSPS) is 14.1. The number of ether oxygens (including phenoxy) is 2. The van der Waals surface area contributed by atoms with Crippen molar-refractivity contribution in [2.75, 3.05) is 49.9 Å². The molecule has 3 aromatic heterocycles. The Kier molecular flexibility index (Phi) is 6.62. The number of aromatic nitrogens is 4. The summed E-state index contributed by atoms with van der Waals surface area (Å²) < 4.78 is 11.4. The van der Waals surface area contributed by atoms with Crippen LogP contribution in [0.15, 0.2) is 66.0 Å². The van der Waals surface area contributed by atoms with Gasteiger partial charge in [-0.15, -0.1) is 0 Å². The number of hydrogen-bond acceptors (Lipinski definition) is 8. The van der Waals surface area contributed by atoms with Gasteiger partial charge in [-0.2, -0.15) is 15.1 Å². The average molecular weight is 458 g/mol. The lowest BCUT2D eigenvalue weighted by molar-refractivity contribution is 0.122. The van der Waals surface area contributed by atoms with E-state index in [1.807, 2.05) is 61.9 Å². The van der Waals surface area contributed by atoms with Crippen LogP contribution >= 0.6 is 0 Å². The second kappa shape index (κ2) is 10.3. The zero-order chi connectivity index (χ0) is 23.2. The Bertz CT molecular complexity index is 1250. The first-order chi connectivity index (χ1) is 16.8. The summed E-state index contributed by atoms with van der Waals surface area (Å²) in [5.74, 6) is 1.45. The molecule has 4 aromatic rings. The van der Waals surface area contributed by atoms with Gasteiger partial charge in [0.2, 0.25) is 0 Å². The maximum atomic E-state index is 5.94. The molecule has 0 atom stereocenters. The second-order valence-electron chi connectivity index (χ2n) is 7.94. The molecule has 9 nitrogen and oxygen atoms in total. The highest BCUT2D eigenvalue weighted by atomic mass is 16.5. The van der Waals surface area contributed by atoms with Crippen LogP contribution in [0.5, 0.6) is 6.01 Å². The SMILES string of the molecule is CN(/N=C/c1c[nH]c2ccccc12)c1cc(N2CCOCC2)nc(OCCc2ccccn2)n1. The van der Waals surface area contributed by atoms with E-state index in [1.165, 1.54) is 0 Å². The third kappa shape index (κ3) is 5.15. The predicted molar refractivity (Wildman–Crippen MR) is 133 cm³/mol. The molecule has 0 aliphatic carbocycles. The van der Waals surface area contributed by atoms with E-state index in [2.05, 4.69) is 36.0 Å². The number of benzene rings is 1. The van der Waals surface area contributed by atoms with Gasteiger partial charge < -0.3 is 19.4 Å². The van der Waals surface area contributed by atoms with E-state index in [1.54, 1.807) is 11.2 Å². The summed E-state index contributed by atoms with van der Waals surface area (Å²) in [6.07, 6.45) is 6.24. The lowest BCUT2D eigenvalue weighted by Crippen LogP contribution is -2.37. The molecule has 0 bridgehead atoms. The fraction of sp³-hybridized carbons (Fsp3) is 0.280. The van der Waals surface area contributed by atoms with Gasteiger partial charge in [-0.3, -0.25) is 9.99 Å². The molecule has 1 aromatic carbocycles. The van der Waals surface area contributed by atoms with Crippen molar-refractivity contribution in [3.8, 4) is 6.01 Å². The molecule has 5 rings (SSSR count). The number of fused-ring (bicyclic) bond motifs is 1. The zero-order valence-electron chi connectivity index (χ0n) is 19.1. The van der Waals surface area contributed by atoms with Gasteiger partial charge >= 0.3 is 6.01 Å². The van der Waals surface area contributed by atoms with Crippen LogP contribution in [0, 0.1) is 0 Å². The summed E-state index contributed by atoms with van der Waals surface area (Å²) in [6, 6.07) is 16.3. The number of morpholine rings is 1. The predicted octanol–water partition coefficient (Wildman–Crippen LogP) is 3.28. The number of aromatic amines is 1. The summed E-state index contributed by atoms with van der Waals surface area (Å²) >= 11 is 0. The van der Waals surface area contributed by atoms with Crippen molar-refractivity contribution in [3.63, 3.8) is 0 Å². The number of hydrazone groups is 1. The summed E-state index contributed by atoms with van der Waals surface area (Å²) in [5.41, 5.74) is 3.05. The molecule has 34 heavy (non-hydrogen) atoms. The molecule has 0 spiro atoms. The smallest absolute Gasteiger partial charge is 0.320 e. The first-order valence-electron chi connectivity index (χ1n) is 11.3. The van der Waals surface area contributed by atoms with Crippen LogP contribution in [0.1, 0.15) is 11.3 Å². The van der Waals surface area contributed by atoms with E-state index in [9.17, 15) is 0 Å². The molecule has 0 amide bonds. The third-order valence-electron chi connectivity index (χ3n) is 5.65. The van der Waals surface area contributed by atoms with E-state index in [0.29, 0.717) is 38.1 Å². The molecule has 1 aliphatic rings. The standard InChI is InChI=1S/C25H27N7O2/c1-31(28-18-19-17-27-22-8-3-2-7-21(19)22)23-16-24(32-11-14-33-15-12-32)30-25(29-23)34-13-9-20-6-4-5-10-26-20/h2-8,10,16-18,27H,9,11-15H2,1H3/b28-18+. The van der Waals surface area contributed by atoms with Gasteiger partial charge in [-0.1, -0.05) is 24.3 Å². The monoisotopic (exact) mass is 457 g/mol. The van der Waals surface area contributed by atoms with Gasteiger partial charge in [0.1, 0.15) is 5.82 Å². The summed E-state index contributed by atoms with van der Waals surface area (Å²) in [4.78, 5) is 19.1. The number of pyridine rings is 1. The molecule has 1 saturated heterocycles. The van der Waals surface area contributed by atoms with Gasteiger partial charge in [0, 0.05) is 67.2 Å². The molecular weight excluding hydrogens is 430 g/mol. The number of rotatable bonds is 8. The fourth-order valence-corrected chi connectivity index (χ4v) is 3.79. The minimum absolute atomic E-state index is 0.323. The number of anilines is 2. The van der Waals surface area contributed by atoms with Crippen molar-refractivity contribution in [1.82, 2.24) is 19.9 Å².